The van der Waals surface area contributed by atoms with Crippen molar-refractivity contribution in [2.24, 2.45) is 0 Å². The van der Waals surface area contributed by atoms with Gasteiger partial charge in [0, 0.05) is 19.0 Å². The van der Waals surface area contributed by atoms with Gasteiger partial charge in [-0.05, 0) is 25.0 Å². The summed E-state index contributed by atoms with van der Waals surface area (Å²) in [6.45, 7) is 4.27. The summed E-state index contributed by atoms with van der Waals surface area (Å²) in [6.07, 6.45) is -4.22. The third-order valence-corrected chi connectivity index (χ3v) is 3.59. The standard InChI is InChI=1S/C13H16F3N/c1-12(2,13(14,15)16)11-5-3-9(4-6-11)10-7-17-8-10/h3-6,10,17H,7-8H2,1-2H3. The summed E-state index contributed by atoms with van der Waals surface area (Å²) in [7, 11) is 0. The third kappa shape index (κ3) is 2.18. The second kappa shape index (κ2) is 4.02. The van der Waals surface area contributed by atoms with Crippen LogP contribution in [0.25, 0.3) is 0 Å². The highest BCUT2D eigenvalue weighted by molar-refractivity contribution is 5.32. The number of alkyl halides is 3. The van der Waals surface area contributed by atoms with Crippen molar-refractivity contribution in [3.05, 3.63) is 35.4 Å². The predicted molar refractivity (Wildman–Crippen MR) is 61.1 cm³/mol. The molecule has 1 aromatic rings. The van der Waals surface area contributed by atoms with Gasteiger partial charge >= 0.3 is 6.18 Å². The first-order valence-electron chi connectivity index (χ1n) is 5.70. The quantitative estimate of drug-likeness (QED) is 0.841. The fourth-order valence-electron chi connectivity index (χ4n) is 1.86. The van der Waals surface area contributed by atoms with Crippen molar-refractivity contribution in [1.29, 1.82) is 0 Å². The van der Waals surface area contributed by atoms with E-state index in [-0.39, 0.29) is 0 Å². The van der Waals surface area contributed by atoms with Crippen LogP contribution in [-0.2, 0) is 5.41 Å². The number of rotatable bonds is 2. The largest absolute Gasteiger partial charge is 0.397 e. The average Bonchev–Trinajstić information content (AvgIpc) is 2.14. The smallest absolute Gasteiger partial charge is 0.315 e. The lowest BCUT2D eigenvalue weighted by molar-refractivity contribution is -0.180. The molecule has 1 aliphatic rings. The topological polar surface area (TPSA) is 12.0 Å². The van der Waals surface area contributed by atoms with Crippen molar-refractivity contribution in [2.45, 2.75) is 31.4 Å². The molecule has 1 fully saturated rings. The molecule has 2 rings (SSSR count). The van der Waals surface area contributed by atoms with Gasteiger partial charge in [0.15, 0.2) is 0 Å². The minimum Gasteiger partial charge on any atom is -0.315 e. The van der Waals surface area contributed by atoms with Crippen molar-refractivity contribution in [1.82, 2.24) is 5.32 Å². The maximum Gasteiger partial charge on any atom is 0.397 e. The van der Waals surface area contributed by atoms with Gasteiger partial charge in [-0.25, -0.2) is 0 Å². The van der Waals surface area contributed by atoms with Crippen LogP contribution in [0.2, 0.25) is 0 Å². The van der Waals surface area contributed by atoms with Crippen LogP contribution >= 0.6 is 0 Å². The van der Waals surface area contributed by atoms with E-state index < -0.39 is 11.6 Å². The van der Waals surface area contributed by atoms with Crippen LogP contribution in [-0.4, -0.2) is 19.3 Å². The minimum absolute atomic E-state index is 0.320. The van der Waals surface area contributed by atoms with Crippen LogP contribution in [0.4, 0.5) is 13.2 Å². The Morgan fingerprint density at radius 1 is 1.06 bits per heavy atom. The first-order valence-corrected chi connectivity index (χ1v) is 5.70. The van der Waals surface area contributed by atoms with Crippen molar-refractivity contribution in [2.75, 3.05) is 13.1 Å². The van der Waals surface area contributed by atoms with E-state index in [0.717, 1.165) is 18.7 Å². The number of hydrogen-bond donors (Lipinski definition) is 1. The molecule has 17 heavy (non-hydrogen) atoms. The Hall–Kier alpha value is -1.03. The lowest BCUT2D eigenvalue weighted by Gasteiger charge is -2.30. The normalized spacial score (nSPS) is 17.9. The van der Waals surface area contributed by atoms with Gasteiger partial charge in [-0.3, -0.25) is 0 Å². The van der Waals surface area contributed by atoms with Gasteiger partial charge in [0.25, 0.3) is 0 Å². The molecule has 1 N–H and O–H groups in total. The summed E-state index contributed by atoms with van der Waals surface area (Å²) < 4.78 is 38.5. The Labute approximate surface area is 99.0 Å². The molecular weight excluding hydrogens is 227 g/mol. The van der Waals surface area contributed by atoms with E-state index in [2.05, 4.69) is 5.32 Å². The third-order valence-electron chi connectivity index (χ3n) is 3.59. The minimum atomic E-state index is -4.22. The second-order valence-corrected chi connectivity index (χ2v) is 5.10. The summed E-state index contributed by atoms with van der Waals surface area (Å²) in [5, 5.41) is 3.15. The fourth-order valence-corrected chi connectivity index (χ4v) is 1.86. The Bertz CT molecular complexity index is 388. The molecule has 0 saturated carbocycles. The zero-order valence-corrected chi connectivity index (χ0v) is 9.93. The Balaban J connectivity index is 2.22. The zero-order valence-electron chi connectivity index (χ0n) is 9.93. The predicted octanol–water partition coefficient (Wildman–Crippen LogP) is 3.21. The van der Waals surface area contributed by atoms with Gasteiger partial charge < -0.3 is 5.32 Å². The Morgan fingerprint density at radius 3 is 1.94 bits per heavy atom. The molecular formula is C13H16F3N. The van der Waals surface area contributed by atoms with E-state index in [1.54, 1.807) is 12.1 Å². The summed E-state index contributed by atoms with van der Waals surface area (Å²) in [5.74, 6) is 0.457. The van der Waals surface area contributed by atoms with Gasteiger partial charge in [0.05, 0.1) is 5.41 Å². The maximum absolute atomic E-state index is 12.8. The lowest BCUT2D eigenvalue weighted by Crippen LogP contribution is -2.40. The van der Waals surface area contributed by atoms with E-state index in [1.165, 1.54) is 13.8 Å². The number of hydrogen-bond acceptors (Lipinski definition) is 1. The van der Waals surface area contributed by atoms with Crippen molar-refractivity contribution < 1.29 is 13.2 Å². The molecule has 1 aromatic carbocycles. The second-order valence-electron chi connectivity index (χ2n) is 5.10. The van der Waals surface area contributed by atoms with Crippen LogP contribution in [0, 0.1) is 0 Å². The van der Waals surface area contributed by atoms with Crippen molar-refractivity contribution in [3.63, 3.8) is 0 Å². The van der Waals surface area contributed by atoms with Crippen molar-refractivity contribution >= 4 is 0 Å². The molecule has 0 spiro atoms. The molecule has 4 heteroatoms. The van der Waals surface area contributed by atoms with Crippen LogP contribution in [0.3, 0.4) is 0 Å². The van der Waals surface area contributed by atoms with E-state index in [1.807, 2.05) is 12.1 Å². The molecule has 0 unspecified atom stereocenters. The number of halogens is 3. The molecule has 1 saturated heterocycles. The number of nitrogens with one attached hydrogen (secondary N) is 1. The van der Waals surface area contributed by atoms with E-state index in [9.17, 15) is 13.2 Å². The first-order chi connectivity index (χ1) is 7.82. The maximum atomic E-state index is 12.8. The molecule has 0 radical (unpaired) electrons. The highest BCUT2D eigenvalue weighted by Gasteiger charge is 2.48. The molecule has 0 aromatic heterocycles. The molecule has 1 aliphatic heterocycles. The molecule has 0 aliphatic carbocycles. The van der Waals surface area contributed by atoms with Crippen molar-refractivity contribution in [3.8, 4) is 0 Å². The SMILES string of the molecule is CC(C)(c1ccc(C2CNC2)cc1)C(F)(F)F. The van der Waals surface area contributed by atoms with E-state index in [4.69, 9.17) is 0 Å². The molecule has 1 nitrogen and oxygen atoms in total. The highest BCUT2D eigenvalue weighted by atomic mass is 19.4. The Morgan fingerprint density at radius 2 is 1.59 bits per heavy atom. The first kappa shape index (κ1) is 12.4. The van der Waals surface area contributed by atoms with Crippen LogP contribution < -0.4 is 5.32 Å². The molecule has 0 amide bonds. The molecule has 94 valence electrons. The zero-order chi connectivity index (χ0) is 12.7. The van der Waals surface area contributed by atoms with Crippen LogP contribution in [0.1, 0.15) is 30.9 Å². The van der Waals surface area contributed by atoms with Gasteiger partial charge in [-0.1, -0.05) is 24.3 Å². The van der Waals surface area contributed by atoms with Crippen LogP contribution in [0.15, 0.2) is 24.3 Å². The van der Waals surface area contributed by atoms with Gasteiger partial charge in [-0.2, -0.15) is 13.2 Å². The average molecular weight is 243 g/mol. The highest BCUT2D eigenvalue weighted by Crippen LogP contribution is 2.40. The summed E-state index contributed by atoms with van der Waals surface area (Å²) in [4.78, 5) is 0. The summed E-state index contributed by atoms with van der Waals surface area (Å²) in [6, 6.07) is 6.82. The van der Waals surface area contributed by atoms with Gasteiger partial charge in [-0.15, -0.1) is 0 Å². The van der Waals surface area contributed by atoms with Gasteiger partial charge in [0.1, 0.15) is 0 Å². The monoisotopic (exact) mass is 243 g/mol. The van der Waals surface area contributed by atoms with Crippen LogP contribution in [0.5, 0.6) is 0 Å². The van der Waals surface area contributed by atoms with E-state index in [0.29, 0.717) is 11.5 Å². The summed E-state index contributed by atoms with van der Waals surface area (Å²) >= 11 is 0. The van der Waals surface area contributed by atoms with E-state index >= 15 is 0 Å². The summed E-state index contributed by atoms with van der Waals surface area (Å²) in [5.41, 5.74) is -0.352. The fraction of sp³-hybridized carbons (Fsp3) is 0.538. The van der Waals surface area contributed by atoms with Gasteiger partial charge in [0.2, 0.25) is 0 Å². The molecule has 0 bridgehead atoms. The lowest BCUT2D eigenvalue weighted by atomic mass is 9.82. The molecule has 1 heterocycles. The molecule has 0 atom stereocenters. The Kier molecular flexibility index (Phi) is 2.94. The number of benzene rings is 1.